The summed E-state index contributed by atoms with van der Waals surface area (Å²) < 4.78 is 10.0. The van der Waals surface area contributed by atoms with Gasteiger partial charge in [0.25, 0.3) is 0 Å². The standard InChI is InChI=1S/C19H27N3O6/c1-19(2,3)16(17(25)22-8-4-6-13(22)11-23)21-18(26)20-10-15(24)28-12-14-7-5-9-27-14/h5,7,9,11,13,16H,4,6,8,10,12H2,1-3H3,(H2,20,21,26). The number of rotatable bonds is 7. The molecule has 1 aromatic heterocycles. The third kappa shape index (κ3) is 5.83. The van der Waals surface area contributed by atoms with Crippen molar-refractivity contribution in [1.29, 1.82) is 0 Å². The van der Waals surface area contributed by atoms with Crippen LogP contribution in [0.1, 0.15) is 39.4 Å². The summed E-state index contributed by atoms with van der Waals surface area (Å²) in [6, 6.07) is 1.38. The maximum Gasteiger partial charge on any atom is 0.325 e. The molecular weight excluding hydrogens is 366 g/mol. The summed E-state index contributed by atoms with van der Waals surface area (Å²) >= 11 is 0. The number of nitrogens with one attached hydrogen (secondary N) is 2. The van der Waals surface area contributed by atoms with Crippen molar-refractivity contribution in [2.24, 2.45) is 5.41 Å². The molecule has 0 spiro atoms. The molecule has 2 atom stereocenters. The van der Waals surface area contributed by atoms with E-state index in [1.807, 2.05) is 20.8 Å². The fourth-order valence-corrected chi connectivity index (χ4v) is 2.95. The number of carbonyl (C=O) groups excluding carboxylic acids is 4. The quantitative estimate of drug-likeness (QED) is 0.531. The van der Waals surface area contributed by atoms with E-state index in [9.17, 15) is 19.2 Å². The Kier molecular flexibility index (Phi) is 7.19. The molecule has 0 aliphatic carbocycles. The topological polar surface area (TPSA) is 118 Å². The van der Waals surface area contributed by atoms with Gasteiger partial charge >= 0.3 is 12.0 Å². The van der Waals surface area contributed by atoms with Crippen molar-refractivity contribution in [3.8, 4) is 0 Å². The van der Waals surface area contributed by atoms with Gasteiger partial charge in [0, 0.05) is 6.54 Å². The molecule has 2 N–H and O–H groups in total. The molecule has 9 nitrogen and oxygen atoms in total. The van der Waals surface area contributed by atoms with E-state index in [1.165, 1.54) is 11.2 Å². The summed E-state index contributed by atoms with van der Waals surface area (Å²) in [5.74, 6) is -0.449. The Labute approximate surface area is 163 Å². The molecule has 0 radical (unpaired) electrons. The molecule has 1 aliphatic rings. The second-order valence-electron chi connectivity index (χ2n) is 7.74. The molecule has 3 amide bonds. The van der Waals surface area contributed by atoms with Gasteiger partial charge in [-0.25, -0.2) is 4.79 Å². The number of hydrogen-bond donors (Lipinski definition) is 2. The number of amides is 3. The summed E-state index contributed by atoms with van der Waals surface area (Å²) in [7, 11) is 0. The molecule has 28 heavy (non-hydrogen) atoms. The second kappa shape index (κ2) is 9.38. The van der Waals surface area contributed by atoms with Crippen LogP contribution in [0, 0.1) is 5.41 Å². The van der Waals surface area contributed by atoms with Crippen LogP contribution in [0.2, 0.25) is 0 Å². The highest BCUT2D eigenvalue weighted by Crippen LogP contribution is 2.25. The van der Waals surface area contributed by atoms with Crippen molar-refractivity contribution >= 4 is 24.2 Å². The number of urea groups is 1. The van der Waals surface area contributed by atoms with Gasteiger partial charge < -0.3 is 29.5 Å². The Morgan fingerprint density at radius 3 is 2.75 bits per heavy atom. The van der Waals surface area contributed by atoms with E-state index in [-0.39, 0.29) is 19.1 Å². The van der Waals surface area contributed by atoms with Crippen molar-refractivity contribution in [1.82, 2.24) is 15.5 Å². The minimum absolute atomic E-state index is 0.0275. The summed E-state index contributed by atoms with van der Waals surface area (Å²) in [6.07, 6.45) is 3.60. The molecule has 0 bridgehead atoms. The molecule has 2 rings (SSSR count). The number of aldehydes is 1. The molecule has 2 unspecified atom stereocenters. The van der Waals surface area contributed by atoms with E-state index in [0.29, 0.717) is 18.7 Å². The molecule has 1 fully saturated rings. The van der Waals surface area contributed by atoms with Gasteiger partial charge in [0.1, 0.15) is 31.2 Å². The largest absolute Gasteiger partial charge is 0.466 e. The number of nitrogens with zero attached hydrogens (tertiary/aromatic N) is 1. The average Bonchev–Trinajstić information content (AvgIpc) is 3.32. The molecule has 9 heteroatoms. The predicted molar refractivity (Wildman–Crippen MR) is 99.1 cm³/mol. The first-order valence-corrected chi connectivity index (χ1v) is 9.20. The first-order valence-electron chi connectivity index (χ1n) is 9.20. The van der Waals surface area contributed by atoms with Crippen molar-refractivity contribution < 1.29 is 28.3 Å². The highest BCUT2D eigenvalue weighted by molar-refractivity contribution is 5.90. The first kappa shape index (κ1) is 21.5. The molecule has 154 valence electrons. The fraction of sp³-hybridized carbons (Fsp3) is 0.579. The Balaban J connectivity index is 1.87. The lowest BCUT2D eigenvalue weighted by Crippen LogP contribution is -2.58. The second-order valence-corrected chi connectivity index (χ2v) is 7.74. The van der Waals surface area contributed by atoms with E-state index < -0.39 is 29.5 Å². The SMILES string of the molecule is CC(C)(C)C(NC(=O)NCC(=O)OCc1ccco1)C(=O)N1CCCC1C=O. The summed E-state index contributed by atoms with van der Waals surface area (Å²) in [6.45, 7) is 5.56. The number of furan rings is 1. The molecule has 0 saturated carbocycles. The zero-order valence-corrected chi connectivity index (χ0v) is 16.4. The van der Waals surface area contributed by atoms with Crippen molar-refractivity contribution in [3.63, 3.8) is 0 Å². The maximum absolute atomic E-state index is 12.9. The number of hydrogen-bond acceptors (Lipinski definition) is 6. The minimum Gasteiger partial charge on any atom is -0.466 e. The van der Waals surface area contributed by atoms with Gasteiger partial charge in [-0.2, -0.15) is 0 Å². The Morgan fingerprint density at radius 1 is 1.39 bits per heavy atom. The number of esters is 1. The number of ether oxygens (including phenoxy) is 1. The van der Waals surface area contributed by atoms with Crippen LogP contribution in [0.25, 0.3) is 0 Å². The van der Waals surface area contributed by atoms with Gasteiger partial charge in [-0.1, -0.05) is 20.8 Å². The van der Waals surface area contributed by atoms with E-state index in [2.05, 4.69) is 10.6 Å². The first-order chi connectivity index (χ1) is 13.2. The average molecular weight is 393 g/mol. The van der Waals surface area contributed by atoms with E-state index in [0.717, 1.165) is 12.7 Å². The van der Waals surface area contributed by atoms with E-state index >= 15 is 0 Å². The minimum atomic E-state index is -0.841. The van der Waals surface area contributed by atoms with Gasteiger partial charge in [0.05, 0.1) is 12.3 Å². The lowest BCUT2D eigenvalue weighted by Gasteiger charge is -2.34. The molecule has 1 saturated heterocycles. The molecule has 0 aromatic carbocycles. The van der Waals surface area contributed by atoms with Gasteiger partial charge in [0.15, 0.2) is 0 Å². The van der Waals surface area contributed by atoms with Gasteiger partial charge in [0.2, 0.25) is 5.91 Å². The molecular formula is C19H27N3O6. The van der Waals surface area contributed by atoms with Crippen LogP contribution >= 0.6 is 0 Å². The lowest BCUT2D eigenvalue weighted by atomic mass is 9.85. The van der Waals surface area contributed by atoms with E-state index in [1.54, 1.807) is 12.1 Å². The van der Waals surface area contributed by atoms with Crippen LogP contribution in [0.5, 0.6) is 0 Å². The normalized spacial score (nSPS) is 17.7. The zero-order valence-electron chi connectivity index (χ0n) is 16.4. The van der Waals surface area contributed by atoms with Crippen LogP contribution in [-0.4, -0.2) is 54.3 Å². The van der Waals surface area contributed by atoms with Crippen molar-refractivity contribution in [2.45, 2.75) is 52.3 Å². The van der Waals surface area contributed by atoms with Gasteiger partial charge in [-0.3, -0.25) is 9.59 Å². The third-order valence-corrected chi connectivity index (χ3v) is 4.48. The predicted octanol–water partition coefficient (Wildman–Crippen LogP) is 1.23. The monoisotopic (exact) mass is 393 g/mol. The van der Waals surface area contributed by atoms with Crippen LogP contribution in [0.3, 0.4) is 0 Å². The summed E-state index contributed by atoms with van der Waals surface area (Å²) in [4.78, 5) is 49.5. The van der Waals surface area contributed by atoms with Crippen molar-refractivity contribution in [2.75, 3.05) is 13.1 Å². The number of carbonyl (C=O) groups is 4. The van der Waals surface area contributed by atoms with Crippen LogP contribution < -0.4 is 10.6 Å². The van der Waals surface area contributed by atoms with Gasteiger partial charge in [-0.15, -0.1) is 0 Å². The smallest absolute Gasteiger partial charge is 0.325 e. The molecule has 1 aliphatic heterocycles. The molecule has 1 aromatic rings. The fourth-order valence-electron chi connectivity index (χ4n) is 2.95. The van der Waals surface area contributed by atoms with Crippen LogP contribution in [-0.2, 0) is 25.7 Å². The van der Waals surface area contributed by atoms with Crippen molar-refractivity contribution in [3.05, 3.63) is 24.2 Å². The third-order valence-electron chi connectivity index (χ3n) is 4.48. The Hall–Kier alpha value is -2.84. The summed E-state index contributed by atoms with van der Waals surface area (Å²) in [5, 5.41) is 5.01. The van der Waals surface area contributed by atoms with E-state index in [4.69, 9.17) is 9.15 Å². The van der Waals surface area contributed by atoms with Crippen LogP contribution in [0.4, 0.5) is 4.79 Å². The number of likely N-dealkylation sites (tertiary alicyclic amines) is 1. The zero-order chi connectivity index (χ0) is 20.7. The highest BCUT2D eigenvalue weighted by Gasteiger charge is 2.39. The Bertz CT molecular complexity index is 695. The molecule has 2 heterocycles. The van der Waals surface area contributed by atoms with Gasteiger partial charge in [-0.05, 0) is 30.4 Å². The van der Waals surface area contributed by atoms with Crippen LogP contribution in [0.15, 0.2) is 22.8 Å². The lowest BCUT2D eigenvalue weighted by molar-refractivity contribution is -0.144. The summed E-state index contributed by atoms with van der Waals surface area (Å²) in [5.41, 5.74) is -0.579. The Morgan fingerprint density at radius 2 is 2.14 bits per heavy atom. The maximum atomic E-state index is 12.9. The highest BCUT2D eigenvalue weighted by atomic mass is 16.5.